The number of aromatic hydroxyl groups is 1. The molecular weight excluding hydrogens is 335 g/mol. The van der Waals surface area contributed by atoms with Gasteiger partial charge in [-0.1, -0.05) is 19.1 Å². The predicted molar refractivity (Wildman–Crippen MR) is 95.8 cm³/mol. The first-order valence-electron chi connectivity index (χ1n) is 8.42. The lowest BCUT2D eigenvalue weighted by Gasteiger charge is -2.15. The predicted octanol–water partition coefficient (Wildman–Crippen LogP) is 3.24. The molecule has 5 nitrogen and oxygen atoms in total. The fraction of sp³-hybridized carbons (Fsp3) is 0.200. The lowest BCUT2D eigenvalue weighted by molar-refractivity contribution is 0.0764. The van der Waals surface area contributed by atoms with Gasteiger partial charge in [0.1, 0.15) is 16.7 Å². The van der Waals surface area contributed by atoms with E-state index in [1.807, 2.05) is 13.0 Å². The second-order valence-corrected chi connectivity index (χ2v) is 6.41. The molecule has 0 saturated carbocycles. The molecule has 3 aromatic rings. The molecule has 0 fully saturated rings. The minimum absolute atomic E-state index is 0.158. The molecule has 0 unspecified atom stereocenters. The van der Waals surface area contributed by atoms with Crippen molar-refractivity contribution in [1.29, 1.82) is 0 Å². The molecule has 0 saturated heterocycles. The van der Waals surface area contributed by atoms with Crippen molar-refractivity contribution in [3.63, 3.8) is 0 Å². The summed E-state index contributed by atoms with van der Waals surface area (Å²) in [4.78, 5) is 18.6. The molecule has 2 heterocycles. The van der Waals surface area contributed by atoms with Crippen LogP contribution in [-0.4, -0.2) is 26.0 Å². The van der Waals surface area contributed by atoms with Crippen LogP contribution in [0.2, 0.25) is 0 Å². The molecule has 1 amide bonds. The van der Waals surface area contributed by atoms with Gasteiger partial charge < -0.3 is 15.1 Å². The van der Waals surface area contributed by atoms with Gasteiger partial charge in [0.25, 0.3) is 11.7 Å². The minimum atomic E-state index is -0.333. The van der Waals surface area contributed by atoms with Crippen molar-refractivity contribution in [1.82, 2.24) is 9.88 Å². The largest absolute Gasteiger partial charge is 0.593 e. The highest BCUT2D eigenvalue weighted by atomic mass is 19.1. The summed E-state index contributed by atoms with van der Waals surface area (Å²) in [7, 11) is 0. The molecule has 1 aliphatic rings. The Morgan fingerprint density at radius 1 is 1.27 bits per heavy atom. The quantitative estimate of drug-likeness (QED) is 0.735. The monoisotopic (exact) mass is 353 g/mol. The first-order chi connectivity index (χ1) is 12.5. The third-order valence-corrected chi connectivity index (χ3v) is 4.87. The van der Waals surface area contributed by atoms with E-state index >= 15 is 0 Å². The molecule has 1 aliphatic heterocycles. The number of phenols is 1. The highest BCUT2D eigenvalue weighted by Gasteiger charge is 2.37. The summed E-state index contributed by atoms with van der Waals surface area (Å²) < 4.78 is 13.1. The van der Waals surface area contributed by atoms with Gasteiger partial charge >= 0.3 is 0 Å². The lowest BCUT2D eigenvalue weighted by Crippen LogP contribution is -2.23. The van der Waals surface area contributed by atoms with Gasteiger partial charge in [0.15, 0.2) is 5.75 Å². The third kappa shape index (κ3) is 2.37. The molecule has 26 heavy (non-hydrogen) atoms. The number of benzene rings is 2. The van der Waals surface area contributed by atoms with Crippen LogP contribution in [0.3, 0.4) is 0 Å². The topological polar surface area (TPSA) is 76.3 Å². The Morgan fingerprint density at radius 2 is 2.00 bits per heavy atom. The van der Waals surface area contributed by atoms with Crippen molar-refractivity contribution in [2.24, 2.45) is 0 Å². The summed E-state index contributed by atoms with van der Waals surface area (Å²) in [6.07, 6.45) is 2.29. The first-order valence-corrected chi connectivity index (χ1v) is 8.42. The van der Waals surface area contributed by atoms with Gasteiger partial charge in [0.2, 0.25) is 0 Å². The second-order valence-electron chi connectivity index (χ2n) is 6.41. The molecule has 3 N–H and O–H groups in total. The molecule has 1 aromatic heterocycles. The molecule has 132 valence electrons. The SMILES string of the molecule is CCc1ccnc2c(O)c3c(c([OH2+])c12)CN(Cc1ccc(F)cc1)C3=O. The molecule has 4 rings (SSSR count). The van der Waals surface area contributed by atoms with Crippen LogP contribution >= 0.6 is 0 Å². The number of phenolic OH excluding ortho intramolecular Hbond substituents is 1. The molecular formula is C20H18FN2O3+. The smallest absolute Gasteiger partial charge is 0.269 e. The molecule has 2 aromatic carbocycles. The first kappa shape index (κ1) is 16.3. The van der Waals surface area contributed by atoms with Crippen LogP contribution in [-0.2, 0) is 19.5 Å². The van der Waals surface area contributed by atoms with Crippen LogP contribution in [0.25, 0.3) is 10.9 Å². The maximum atomic E-state index is 13.1. The van der Waals surface area contributed by atoms with Crippen LogP contribution in [0.1, 0.15) is 34.0 Å². The zero-order chi connectivity index (χ0) is 18.4. The number of pyridine rings is 1. The van der Waals surface area contributed by atoms with Crippen LogP contribution in [0.5, 0.6) is 11.5 Å². The molecule has 0 radical (unpaired) electrons. The summed E-state index contributed by atoms with van der Waals surface area (Å²) in [5, 5.41) is 19.8. The number of hydrogen-bond acceptors (Lipinski definition) is 3. The highest BCUT2D eigenvalue weighted by Crippen LogP contribution is 2.44. The van der Waals surface area contributed by atoms with E-state index in [0.29, 0.717) is 22.9 Å². The Morgan fingerprint density at radius 3 is 2.69 bits per heavy atom. The van der Waals surface area contributed by atoms with Crippen molar-refractivity contribution in [3.05, 3.63) is 64.6 Å². The number of carbonyl (C=O) groups is 1. The Kier molecular flexibility index (Phi) is 3.76. The maximum Gasteiger partial charge on any atom is 0.269 e. The van der Waals surface area contributed by atoms with Gasteiger partial charge in [0, 0.05) is 12.7 Å². The summed E-state index contributed by atoms with van der Waals surface area (Å²) in [6.45, 7) is 2.51. The van der Waals surface area contributed by atoms with Crippen LogP contribution < -0.4 is 0 Å². The van der Waals surface area contributed by atoms with E-state index in [0.717, 1.165) is 11.1 Å². The van der Waals surface area contributed by atoms with Crippen LogP contribution in [0.4, 0.5) is 4.39 Å². The molecule has 0 bridgehead atoms. The summed E-state index contributed by atoms with van der Waals surface area (Å²) in [6, 6.07) is 7.78. The minimum Gasteiger partial charge on any atom is -0.593 e. The number of amides is 1. The van der Waals surface area contributed by atoms with E-state index in [9.17, 15) is 14.3 Å². The summed E-state index contributed by atoms with van der Waals surface area (Å²) in [5.41, 5.74) is 2.68. The number of rotatable bonds is 3. The number of aryl methyl sites for hydroxylation is 1. The number of aromatic nitrogens is 1. The lowest BCUT2D eigenvalue weighted by atomic mass is 9.98. The van der Waals surface area contributed by atoms with E-state index in [4.69, 9.17) is 5.11 Å². The third-order valence-electron chi connectivity index (χ3n) is 4.87. The van der Waals surface area contributed by atoms with E-state index in [2.05, 4.69) is 4.98 Å². The van der Waals surface area contributed by atoms with Gasteiger partial charge in [0.05, 0.1) is 17.7 Å². The number of fused-ring (bicyclic) bond motifs is 2. The highest BCUT2D eigenvalue weighted by molar-refractivity contribution is 6.09. The molecule has 6 heteroatoms. The van der Waals surface area contributed by atoms with Crippen molar-refractivity contribution >= 4 is 16.8 Å². The molecule has 0 atom stereocenters. The van der Waals surface area contributed by atoms with Gasteiger partial charge in [-0.15, -0.1) is 0 Å². The number of hydrogen-bond donors (Lipinski definition) is 1. The molecule has 0 aliphatic carbocycles. The Balaban J connectivity index is 1.80. The van der Waals surface area contributed by atoms with Crippen molar-refractivity contribution < 1.29 is 19.4 Å². The molecule has 0 spiro atoms. The normalized spacial score (nSPS) is 13.5. The van der Waals surface area contributed by atoms with Gasteiger partial charge in [-0.2, -0.15) is 0 Å². The maximum absolute atomic E-state index is 13.1. The second kappa shape index (κ2) is 5.98. The average Bonchev–Trinajstić information content (AvgIpc) is 2.98. The zero-order valence-corrected chi connectivity index (χ0v) is 14.2. The van der Waals surface area contributed by atoms with E-state index in [1.54, 1.807) is 23.2 Å². The standard InChI is InChI=1S/C20H17FN2O3/c1-2-12-7-8-22-17-15(12)18(24)14-10-23(20(26)16(14)19(17)25)9-11-3-5-13(21)6-4-11/h3-8,24-25H,2,9-10H2,1H3/p+1. The number of carbonyl (C=O) groups excluding carboxylic acids is 1. The number of nitrogens with zero attached hydrogens (tertiary/aromatic N) is 2. The van der Waals surface area contributed by atoms with Gasteiger partial charge in [-0.3, -0.25) is 9.78 Å². The average molecular weight is 353 g/mol. The fourth-order valence-electron chi connectivity index (χ4n) is 3.54. The number of halogens is 1. The van der Waals surface area contributed by atoms with E-state index in [1.165, 1.54) is 12.1 Å². The fourth-order valence-corrected chi connectivity index (χ4v) is 3.54. The van der Waals surface area contributed by atoms with Crippen molar-refractivity contribution in [3.8, 4) is 11.5 Å². The Labute approximate surface area is 149 Å². The Hall–Kier alpha value is -3.15. The van der Waals surface area contributed by atoms with Gasteiger partial charge in [-0.25, -0.2) is 4.39 Å². The summed E-state index contributed by atoms with van der Waals surface area (Å²) in [5.74, 6) is -0.582. The van der Waals surface area contributed by atoms with E-state index in [-0.39, 0.29) is 41.9 Å². The van der Waals surface area contributed by atoms with Crippen molar-refractivity contribution in [2.75, 3.05) is 0 Å². The van der Waals surface area contributed by atoms with Crippen LogP contribution in [0.15, 0.2) is 36.5 Å². The van der Waals surface area contributed by atoms with Crippen molar-refractivity contribution in [2.45, 2.75) is 26.4 Å². The van der Waals surface area contributed by atoms with Crippen LogP contribution in [0, 0.1) is 5.82 Å². The summed E-state index contributed by atoms with van der Waals surface area (Å²) >= 11 is 0. The van der Waals surface area contributed by atoms with Gasteiger partial charge in [-0.05, 0) is 35.7 Å². The zero-order valence-electron chi connectivity index (χ0n) is 14.2. The van der Waals surface area contributed by atoms with E-state index < -0.39 is 0 Å². The Bertz CT molecular complexity index is 1030.